The molecule has 2 aromatic heterocycles. The number of aliphatic imine (C=N–C) groups is 1. The number of imidazole rings is 1. The van der Waals surface area contributed by atoms with Crippen LogP contribution in [0.25, 0.3) is 16.7 Å². The first-order chi connectivity index (χ1) is 18.4. The van der Waals surface area contributed by atoms with Crippen molar-refractivity contribution >= 4 is 34.9 Å². The fourth-order valence-corrected chi connectivity index (χ4v) is 3.83. The number of H-pyrrole nitrogens is 1. The summed E-state index contributed by atoms with van der Waals surface area (Å²) < 4.78 is 18.6. The second-order valence-electron chi connectivity index (χ2n) is 8.30. The zero-order valence-corrected chi connectivity index (χ0v) is 21.0. The molecule has 0 fully saturated rings. The summed E-state index contributed by atoms with van der Waals surface area (Å²) in [5.41, 5.74) is 16.5. The predicted octanol–water partition coefficient (Wildman–Crippen LogP) is 2.53. The van der Waals surface area contributed by atoms with Gasteiger partial charge in [0.05, 0.1) is 27.0 Å². The van der Waals surface area contributed by atoms with Crippen LogP contribution in [0.4, 0.5) is 5.95 Å². The number of aromatic nitrogens is 3. The Kier molecular flexibility index (Phi) is 8.07. The van der Waals surface area contributed by atoms with E-state index in [9.17, 15) is 4.79 Å². The van der Waals surface area contributed by atoms with Gasteiger partial charge in [-0.15, -0.1) is 4.98 Å². The Balaban J connectivity index is 1.52. The van der Waals surface area contributed by atoms with Gasteiger partial charge in [0, 0.05) is 23.6 Å². The molecule has 4 aromatic rings. The third kappa shape index (κ3) is 6.01. The van der Waals surface area contributed by atoms with Crippen LogP contribution in [0.1, 0.15) is 16.7 Å². The third-order valence-corrected chi connectivity index (χ3v) is 5.77. The van der Waals surface area contributed by atoms with E-state index in [0.29, 0.717) is 52.9 Å². The average Bonchev–Trinajstić information content (AvgIpc) is 3.24. The summed E-state index contributed by atoms with van der Waals surface area (Å²) in [6, 6.07) is 15.2. The lowest BCUT2D eigenvalue weighted by Gasteiger charge is -2.12. The van der Waals surface area contributed by atoms with E-state index in [1.54, 1.807) is 20.4 Å². The van der Waals surface area contributed by atoms with Gasteiger partial charge < -0.3 is 30.8 Å². The van der Waals surface area contributed by atoms with Crippen LogP contribution in [0.3, 0.4) is 0 Å². The molecule has 0 atom stereocenters. The van der Waals surface area contributed by atoms with Gasteiger partial charge in [0.2, 0.25) is 0 Å². The summed E-state index contributed by atoms with van der Waals surface area (Å²) in [6.07, 6.45) is 4.38. The van der Waals surface area contributed by atoms with Crippen molar-refractivity contribution in [3.63, 3.8) is 0 Å². The van der Waals surface area contributed by atoms with Crippen molar-refractivity contribution in [1.29, 1.82) is 0 Å². The minimum absolute atomic E-state index is 0.350. The molecule has 2 heterocycles. The van der Waals surface area contributed by atoms with Crippen LogP contribution in [0, 0.1) is 0 Å². The van der Waals surface area contributed by atoms with Crippen LogP contribution in [0.2, 0.25) is 0 Å². The molecule has 0 radical (unpaired) electrons. The molecule has 38 heavy (non-hydrogen) atoms. The van der Waals surface area contributed by atoms with Crippen molar-refractivity contribution in [2.24, 2.45) is 10.7 Å². The highest BCUT2D eigenvalue weighted by Crippen LogP contribution is 2.29. The number of nitrogen functional groups attached to an aromatic ring is 1. The van der Waals surface area contributed by atoms with E-state index in [0.717, 1.165) is 16.9 Å². The number of methoxy groups -OCH3 is 2. The number of hydrogen-bond donors (Lipinski definition) is 4. The molecule has 0 unspecified atom stereocenters. The van der Waals surface area contributed by atoms with Crippen LogP contribution in [-0.4, -0.2) is 48.0 Å². The SMILES string of the molecule is COc1ccc(COc2ccc(C[n+]3c(N)[nH]c4cc(C(C=NCC(=O)O)=CN)cnc43)cc2OC)cc1. The van der Waals surface area contributed by atoms with Crippen molar-refractivity contribution in [2.75, 3.05) is 26.5 Å². The maximum absolute atomic E-state index is 10.7. The van der Waals surface area contributed by atoms with Crippen LogP contribution in [0.5, 0.6) is 17.2 Å². The Bertz CT molecular complexity index is 1490. The molecule has 11 nitrogen and oxygen atoms in total. The van der Waals surface area contributed by atoms with Crippen LogP contribution >= 0.6 is 0 Å². The summed E-state index contributed by atoms with van der Waals surface area (Å²) in [5.74, 6) is 1.40. The Morgan fingerprint density at radius 1 is 1.11 bits per heavy atom. The number of fused-ring (bicyclic) bond motifs is 1. The molecule has 2 aromatic carbocycles. The fraction of sp³-hybridized carbons (Fsp3) is 0.185. The Morgan fingerprint density at radius 2 is 1.87 bits per heavy atom. The van der Waals surface area contributed by atoms with E-state index in [1.165, 1.54) is 12.4 Å². The summed E-state index contributed by atoms with van der Waals surface area (Å²) in [5, 5.41) is 8.79. The zero-order chi connectivity index (χ0) is 27.1. The number of carboxylic acid groups (broad SMARTS) is 1. The molecule has 6 N–H and O–H groups in total. The van der Waals surface area contributed by atoms with Gasteiger partial charge in [0.1, 0.15) is 18.9 Å². The molecule has 0 aliphatic rings. The highest BCUT2D eigenvalue weighted by Gasteiger charge is 2.18. The first-order valence-electron chi connectivity index (χ1n) is 11.7. The molecular weight excluding hydrogens is 488 g/mol. The van der Waals surface area contributed by atoms with Gasteiger partial charge in [-0.2, -0.15) is 0 Å². The summed E-state index contributed by atoms with van der Waals surface area (Å²) in [7, 11) is 3.23. The number of ether oxygens (including phenoxy) is 3. The second kappa shape index (κ2) is 11.8. The first-order valence-corrected chi connectivity index (χ1v) is 11.7. The number of carbonyl (C=O) groups is 1. The van der Waals surface area contributed by atoms with Crippen molar-refractivity contribution in [1.82, 2.24) is 9.97 Å². The monoisotopic (exact) mass is 517 g/mol. The van der Waals surface area contributed by atoms with Gasteiger partial charge in [-0.05, 0) is 41.5 Å². The topological polar surface area (TPSA) is 162 Å². The predicted molar refractivity (Wildman–Crippen MR) is 143 cm³/mol. The van der Waals surface area contributed by atoms with Crippen molar-refractivity contribution in [2.45, 2.75) is 13.2 Å². The number of nitrogens with two attached hydrogens (primary N) is 2. The highest BCUT2D eigenvalue weighted by molar-refractivity contribution is 6.10. The van der Waals surface area contributed by atoms with E-state index in [2.05, 4.69) is 15.0 Å². The molecule has 0 saturated carbocycles. The lowest BCUT2D eigenvalue weighted by Crippen LogP contribution is -2.37. The smallest absolute Gasteiger partial charge is 0.325 e. The molecule has 0 aliphatic carbocycles. The summed E-state index contributed by atoms with van der Waals surface area (Å²) in [6.45, 7) is 0.473. The molecule has 0 amide bonds. The highest BCUT2D eigenvalue weighted by atomic mass is 16.5. The molecule has 4 rings (SSSR count). The fourth-order valence-electron chi connectivity index (χ4n) is 3.83. The molecule has 0 aliphatic heterocycles. The van der Waals surface area contributed by atoms with Crippen LogP contribution in [-0.2, 0) is 17.9 Å². The minimum Gasteiger partial charge on any atom is -0.497 e. The number of aliphatic carboxylic acids is 1. The number of carboxylic acids is 1. The van der Waals surface area contributed by atoms with E-state index in [1.807, 2.05) is 53.1 Å². The Hall–Kier alpha value is -5.06. The van der Waals surface area contributed by atoms with Gasteiger partial charge in [0.25, 0.3) is 5.65 Å². The lowest BCUT2D eigenvalue weighted by atomic mass is 10.1. The van der Waals surface area contributed by atoms with E-state index < -0.39 is 5.97 Å². The normalized spacial score (nSPS) is 11.7. The quantitative estimate of drug-likeness (QED) is 0.174. The summed E-state index contributed by atoms with van der Waals surface area (Å²) in [4.78, 5) is 22.3. The van der Waals surface area contributed by atoms with Gasteiger partial charge in [-0.25, -0.2) is 4.57 Å². The van der Waals surface area contributed by atoms with Crippen molar-refractivity contribution in [3.05, 3.63) is 77.6 Å². The molecule has 0 spiro atoms. The standard InChI is InChI=1S/C27H28N6O5/c1-36-21-6-3-17(4-7-21)16-38-23-8-5-18(9-24(23)37-2)15-33-26-22(32-27(33)29)10-19(13-31-26)20(11-28)12-30-14-25(34)35/h3-13H,14-16H2,1-2H3,(H5,28,29,30,32,34,35)/p+1. The molecule has 0 bridgehead atoms. The number of benzene rings is 2. The average molecular weight is 518 g/mol. The summed E-state index contributed by atoms with van der Waals surface area (Å²) >= 11 is 0. The lowest BCUT2D eigenvalue weighted by molar-refractivity contribution is -0.649. The zero-order valence-electron chi connectivity index (χ0n) is 21.0. The van der Waals surface area contributed by atoms with E-state index in [-0.39, 0.29) is 6.54 Å². The Morgan fingerprint density at radius 3 is 2.55 bits per heavy atom. The molecular formula is C27H29N6O5+. The number of rotatable bonds is 11. The minimum atomic E-state index is -1.03. The van der Waals surface area contributed by atoms with Gasteiger partial charge in [0.15, 0.2) is 17.0 Å². The van der Waals surface area contributed by atoms with Gasteiger partial charge >= 0.3 is 11.9 Å². The number of allylic oxidation sites excluding steroid dienone is 1. The van der Waals surface area contributed by atoms with Gasteiger partial charge in [-0.1, -0.05) is 18.2 Å². The number of anilines is 1. The Labute approximate surface area is 219 Å². The van der Waals surface area contributed by atoms with Crippen LogP contribution < -0.4 is 30.2 Å². The van der Waals surface area contributed by atoms with Crippen molar-refractivity contribution < 1.29 is 28.7 Å². The second-order valence-corrected chi connectivity index (χ2v) is 8.30. The number of hydrogen-bond acceptors (Lipinski definition) is 8. The maximum atomic E-state index is 10.7. The van der Waals surface area contributed by atoms with E-state index >= 15 is 0 Å². The van der Waals surface area contributed by atoms with Crippen molar-refractivity contribution in [3.8, 4) is 17.2 Å². The third-order valence-electron chi connectivity index (χ3n) is 5.77. The van der Waals surface area contributed by atoms with Crippen LogP contribution in [0.15, 0.2) is 65.9 Å². The maximum Gasteiger partial charge on any atom is 0.325 e. The van der Waals surface area contributed by atoms with E-state index in [4.69, 9.17) is 30.8 Å². The number of aromatic amines is 1. The molecule has 0 saturated heterocycles. The molecule has 11 heteroatoms. The number of nitrogens with one attached hydrogen (secondary N) is 1. The first kappa shape index (κ1) is 26.0. The molecule has 196 valence electrons. The number of nitrogens with zero attached hydrogens (tertiary/aromatic N) is 3. The number of pyridine rings is 1. The van der Waals surface area contributed by atoms with Gasteiger partial charge in [-0.3, -0.25) is 14.8 Å². The largest absolute Gasteiger partial charge is 0.497 e.